The molecule has 0 unspecified atom stereocenters. The molecule has 0 N–H and O–H groups in total. The van der Waals surface area contributed by atoms with Crippen LogP contribution in [0.2, 0.25) is 18.1 Å². The maximum Gasteiger partial charge on any atom is 0.330 e. The number of aryl methyl sites for hydroxylation is 1. The third kappa shape index (κ3) is 13.1. The van der Waals surface area contributed by atoms with Crippen LogP contribution in [0.5, 0.6) is 11.5 Å². The van der Waals surface area contributed by atoms with Gasteiger partial charge in [0.05, 0.1) is 53.9 Å². The average Bonchev–Trinajstić information content (AvgIpc) is 3.18. The third-order valence-electron chi connectivity index (χ3n) is 8.45. The van der Waals surface area contributed by atoms with E-state index in [9.17, 15) is 4.79 Å². The second kappa shape index (κ2) is 21.1. The van der Waals surface area contributed by atoms with Crippen molar-refractivity contribution in [1.29, 1.82) is 0 Å². The smallest absolute Gasteiger partial charge is 0.330 e. The lowest BCUT2D eigenvalue weighted by molar-refractivity contribution is -0.137. The number of hydrogen-bond donors (Lipinski definition) is 0. The highest BCUT2D eigenvalue weighted by atomic mass is 28.4. The van der Waals surface area contributed by atoms with E-state index in [1.54, 1.807) is 0 Å². The molecule has 0 atom stereocenters. The van der Waals surface area contributed by atoms with Crippen molar-refractivity contribution in [3.63, 3.8) is 0 Å². The number of ether oxygens (including phenoxy) is 3. The van der Waals surface area contributed by atoms with Crippen molar-refractivity contribution >= 4 is 48.4 Å². The zero-order valence-corrected chi connectivity index (χ0v) is 31.5. The maximum absolute atomic E-state index is 11.0. The van der Waals surface area contributed by atoms with E-state index < -0.39 is 14.3 Å². The van der Waals surface area contributed by atoms with Gasteiger partial charge in [0, 0.05) is 6.08 Å². The van der Waals surface area contributed by atoms with Gasteiger partial charge in [-0.1, -0.05) is 27.4 Å². The first-order valence-corrected chi connectivity index (χ1v) is 20.2. The van der Waals surface area contributed by atoms with Crippen LogP contribution in [0.1, 0.15) is 39.2 Å². The summed E-state index contributed by atoms with van der Waals surface area (Å²) in [6, 6.07) is 31.4. The molecule has 11 nitrogen and oxygen atoms in total. The number of rotatable bonds is 21. The van der Waals surface area contributed by atoms with Crippen molar-refractivity contribution in [3.05, 3.63) is 109 Å². The van der Waals surface area contributed by atoms with Crippen LogP contribution in [0.4, 0.5) is 34.1 Å². The molecule has 52 heavy (non-hydrogen) atoms. The molecule has 0 aromatic heterocycles. The van der Waals surface area contributed by atoms with E-state index >= 15 is 0 Å². The fourth-order valence-electron chi connectivity index (χ4n) is 5.06. The van der Waals surface area contributed by atoms with Gasteiger partial charge in [0.2, 0.25) is 0 Å². The summed E-state index contributed by atoms with van der Waals surface area (Å²) in [7, 11) is -1.59. The first-order valence-electron chi connectivity index (χ1n) is 17.7. The SMILES string of the molecule is C=CC(=O)OCCCCOc1ccc(N=Nc2ccc(N=Nc3ccc(N=Nc4ccc(OCCO[Si](CC)(CC)CC)cc4)cc3)c(C)c2)cc1. The normalized spacial score (nSPS) is 11.8. The van der Waals surface area contributed by atoms with Crippen LogP contribution in [-0.4, -0.2) is 40.7 Å². The van der Waals surface area contributed by atoms with E-state index in [2.05, 4.69) is 58.0 Å². The van der Waals surface area contributed by atoms with E-state index in [0.717, 1.165) is 65.5 Å². The molecule has 272 valence electrons. The van der Waals surface area contributed by atoms with Crippen LogP contribution < -0.4 is 9.47 Å². The molecule has 0 radical (unpaired) electrons. The number of benzene rings is 4. The van der Waals surface area contributed by atoms with E-state index in [1.165, 1.54) is 0 Å². The molecule has 12 heteroatoms. The zero-order chi connectivity index (χ0) is 37.0. The number of hydrogen-bond acceptors (Lipinski definition) is 11. The second-order valence-electron chi connectivity index (χ2n) is 11.9. The molecule has 0 aliphatic heterocycles. The Balaban J connectivity index is 1.20. The van der Waals surface area contributed by atoms with Crippen molar-refractivity contribution in [2.24, 2.45) is 30.7 Å². The van der Waals surface area contributed by atoms with E-state index in [0.29, 0.717) is 49.2 Å². The molecule has 4 aromatic rings. The van der Waals surface area contributed by atoms with Crippen LogP contribution in [0.25, 0.3) is 0 Å². The summed E-state index contributed by atoms with van der Waals surface area (Å²) in [6.07, 6.45) is 2.64. The Morgan fingerprint density at radius 2 is 1.04 bits per heavy atom. The Kier molecular flexibility index (Phi) is 16.0. The largest absolute Gasteiger partial charge is 0.494 e. The average molecular weight is 721 g/mol. The molecule has 0 aliphatic rings. The first-order chi connectivity index (χ1) is 25.3. The molecule has 0 amide bonds. The highest BCUT2D eigenvalue weighted by molar-refractivity contribution is 6.73. The number of carbonyl (C=O) groups is 1. The Bertz CT molecular complexity index is 1780. The molecular formula is C40H48N6O5Si. The first kappa shape index (κ1) is 39.5. The zero-order valence-electron chi connectivity index (χ0n) is 30.5. The summed E-state index contributed by atoms with van der Waals surface area (Å²) in [6.45, 7) is 14.0. The topological polar surface area (TPSA) is 128 Å². The minimum Gasteiger partial charge on any atom is -0.494 e. The van der Waals surface area contributed by atoms with Crippen molar-refractivity contribution in [2.75, 3.05) is 26.4 Å². The molecule has 0 spiro atoms. The standard InChI is InChI=1S/C40H48N6O5Si/c1-6-40(47)50-27-11-10-26-48-37-21-16-35(17-22-37)43-45-36-20-25-39(31(5)30-36)46-44-33-14-12-32(13-15-33)41-42-34-18-23-38(24-19-34)49-28-29-51-52(7-2,8-3)9-4/h6,12-25,30H,1,7-11,26-29H2,2-5H3. The van der Waals surface area contributed by atoms with Crippen LogP contribution >= 0.6 is 0 Å². The Labute approximate surface area is 307 Å². The van der Waals surface area contributed by atoms with E-state index in [-0.39, 0.29) is 0 Å². The molecule has 0 bridgehead atoms. The number of nitrogens with zero attached hydrogens (tertiary/aromatic N) is 6. The van der Waals surface area contributed by atoms with Gasteiger partial charge in [-0.3, -0.25) is 0 Å². The molecule has 0 saturated carbocycles. The highest BCUT2D eigenvalue weighted by Gasteiger charge is 2.28. The van der Waals surface area contributed by atoms with Gasteiger partial charge < -0.3 is 18.6 Å². The van der Waals surface area contributed by atoms with Crippen LogP contribution in [0.15, 0.2) is 134 Å². The minimum absolute atomic E-state index is 0.351. The van der Waals surface area contributed by atoms with Gasteiger partial charge in [0.15, 0.2) is 8.32 Å². The van der Waals surface area contributed by atoms with Gasteiger partial charge in [-0.05, 0) is 134 Å². The van der Waals surface area contributed by atoms with Crippen LogP contribution in [0, 0.1) is 6.92 Å². The summed E-state index contributed by atoms with van der Waals surface area (Å²) in [4.78, 5) is 11.0. The quantitative estimate of drug-likeness (QED) is 0.0278. The van der Waals surface area contributed by atoms with E-state index in [1.807, 2.05) is 97.9 Å². The fraction of sp³-hybridized carbons (Fsp3) is 0.325. The highest BCUT2D eigenvalue weighted by Crippen LogP contribution is 2.29. The monoisotopic (exact) mass is 720 g/mol. The molecular weight excluding hydrogens is 673 g/mol. The number of carbonyl (C=O) groups excluding carboxylic acids is 1. The Morgan fingerprint density at radius 1 is 0.596 bits per heavy atom. The second-order valence-corrected chi connectivity index (χ2v) is 16.7. The summed E-state index contributed by atoms with van der Waals surface area (Å²) in [5.41, 5.74) is 5.21. The number of azo groups is 3. The maximum atomic E-state index is 11.0. The lowest BCUT2D eigenvalue weighted by Gasteiger charge is -2.27. The Hall–Kier alpha value is -5.33. The fourth-order valence-corrected chi connectivity index (χ4v) is 7.69. The lowest BCUT2D eigenvalue weighted by atomic mass is 10.2. The predicted molar refractivity (Wildman–Crippen MR) is 208 cm³/mol. The van der Waals surface area contributed by atoms with Crippen molar-refractivity contribution in [2.45, 2.75) is 58.7 Å². The molecule has 4 aromatic carbocycles. The summed E-state index contributed by atoms with van der Waals surface area (Å²) < 4.78 is 22.8. The number of esters is 1. The lowest BCUT2D eigenvalue weighted by Crippen LogP contribution is -2.37. The van der Waals surface area contributed by atoms with Crippen molar-refractivity contribution in [3.8, 4) is 11.5 Å². The van der Waals surface area contributed by atoms with Gasteiger partial charge in [0.1, 0.15) is 18.1 Å². The predicted octanol–water partition coefficient (Wildman–Crippen LogP) is 12.5. The molecule has 0 fully saturated rings. The Morgan fingerprint density at radius 3 is 1.54 bits per heavy atom. The van der Waals surface area contributed by atoms with Crippen molar-refractivity contribution < 1.29 is 23.4 Å². The summed E-state index contributed by atoms with van der Waals surface area (Å²) in [5.74, 6) is 1.11. The van der Waals surface area contributed by atoms with E-state index in [4.69, 9.17) is 18.6 Å². The van der Waals surface area contributed by atoms with Gasteiger partial charge in [-0.2, -0.15) is 30.7 Å². The van der Waals surface area contributed by atoms with Gasteiger partial charge in [-0.15, -0.1) is 0 Å². The molecule has 0 saturated heterocycles. The van der Waals surface area contributed by atoms with Gasteiger partial charge >= 0.3 is 5.97 Å². The molecule has 0 aliphatic carbocycles. The number of unbranched alkanes of at least 4 members (excludes halogenated alkanes) is 1. The van der Waals surface area contributed by atoms with Gasteiger partial charge in [0.25, 0.3) is 0 Å². The summed E-state index contributed by atoms with van der Waals surface area (Å²) in [5, 5.41) is 26.2. The van der Waals surface area contributed by atoms with Crippen molar-refractivity contribution in [1.82, 2.24) is 0 Å². The third-order valence-corrected chi connectivity index (χ3v) is 13.1. The summed E-state index contributed by atoms with van der Waals surface area (Å²) >= 11 is 0. The van der Waals surface area contributed by atoms with Crippen LogP contribution in [0.3, 0.4) is 0 Å². The molecule has 4 rings (SSSR count). The minimum atomic E-state index is -1.59. The van der Waals surface area contributed by atoms with Gasteiger partial charge in [-0.25, -0.2) is 4.79 Å². The van der Waals surface area contributed by atoms with Crippen LogP contribution in [-0.2, 0) is 14.0 Å². The molecule has 0 heterocycles.